The average molecular weight is 457 g/mol. The molecule has 3 rings (SSSR count). The van der Waals surface area contributed by atoms with Crippen LogP contribution in [0.3, 0.4) is 0 Å². The Kier molecular flexibility index (Phi) is 9.40. The Morgan fingerprint density at radius 3 is 2.67 bits per heavy atom. The number of aromatic nitrogens is 2. The Labute approximate surface area is 193 Å². The van der Waals surface area contributed by atoms with Crippen molar-refractivity contribution in [1.82, 2.24) is 24.7 Å². The SMILES string of the molecule is COCCCNC(=O)CN1CCN(C(=O)c2cccc(NC(=O)CCn3ccnc3)c2)CC1. The van der Waals surface area contributed by atoms with Crippen LogP contribution in [0.2, 0.25) is 0 Å². The molecule has 2 aromatic rings. The lowest BCUT2D eigenvalue weighted by molar-refractivity contribution is -0.122. The first-order chi connectivity index (χ1) is 16.0. The van der Waals surface area contributed by atoms with Gasteiger partial charge in [-0.2, -0.15) is 0 Å². The number of carbonyl (C=O) groups is 3. The van der Waals surface area contributed by atoms with Crippen LogP contribution in [0, 0.1) is 0 Å². The van der Waals surface area contributed by atoms with Gasteiger partial charge in [0.15, 0.2) is 0 Å². The van der Waals surface area contributed by atoms with E-state index in [4.69, 9.17) is 4.74 Å². The van der Waals surface area contributed by atoms with Crippen LogP contribution in [0.5, 0.6) is 0 Å². The van der Waals surface area contributed by atoms with Crippen molar-refractivity contribution in [3.63, 3.8) is 0 Å². The number of rotatable bonds is 11. The third-order valence-electron chi connectivity index (χ3n) is 5.42. The Bertz CT molecular complexity index is 909. The molecule has 10 heteroatoms. The molecule has 1 aromatic heterocycles. The van der Waals surface area contributed by atoms with Crippen LogP contribution in [0.15, 0.2) is 43.0 Å². The Morgan fingerprint density at radius 2 is 1.94 bits per heavy atom. The van der Waals surface area contributed by atoms with E-state index in [2.05, 4.69) is 15.6 Å². The number of amides is 3. The highest BCUT2D eigenvalue weighted by molar-refractivity contribution is 5.97. The second-order valence-corrected chi connectivity index (χ2v) is 7.94. The van der Waals surface area contributed by atoms with Gasteiger partial charge in [0.2, 0.25) is 11.8 Å². The largest absolute Gasteiger partial charge is 0.385 e. The lowest BCUT2D eigenvalue weighted by Gasteiger charge is -2.34. The highest BCUT2D eigenvalue weighted by Gasteiger charge is 2.23. The van der Waals surface area contributed by atoms with Crippen LogP contribution in [0.25, 0.3) is 0 Å². The van der Waals surface area contributed by atoms with Gasteiger partial charge in [-0.25, -0.2) is 4.98 Å². The molecule has 0 bridgehead atoms. The van der Waals surface area contributed by atoms with E-state index in [1.54, 1.807) is 48.8 Å². The summed E-state index contributed by atoms with van der Waals surface area (Å²) in [7, 11) is 1.64. The summed E-state index contributed by atoms with van der Waals surface area (Å²) in [6.07, 6.45) is 6.25. The lowest BCUT2D eigenvalue weighted by Crippen LogP contribution is -2.51. The predicted octanol–water partition coefficient (Wildman–Crippen LogP) is 0.822. The number of hydrogen-bond acceptors (Lipinski definition) is 6. The predicted molar refractivity (Wildman–Crippen MR) is 124 cm³/mol. The van der Waals surface area contributed by atoms with Gasteiger partial charge in [0, 0.05) is 83.1 Å². The van der Waals surface area contributed by atoms with Crippen molar-refractivity contribution in [1.29, 1.82) is 0 Å². The molecule has 0 unspecified atom stereocenters. The third-order valence-corrected chi connectivity index (χ3v) is 5.42. The van der Waals surface area contributed by atoms with Crippen molar-refractivity contribution < 1.29 is 19.1 Å². The zero-order chi connectivity index (χ0) is 23.5. The van der Waals surface area contributed by atoms with Gasteiger partial charge in [-0.05, 0) is 24.6 Å². The normalized spacial score (nSPS) is 14.2. The quantitative estimate of drug-likeness (QED) is 0.485. The highest BCUT2D eigenvalue weighted by Crippen LogP contribution is 2.15. The molecule has 0 spiro atoms. The molecular weight excluding hydrogens is 424 g/mol. The van der Waals surface area contributed by atoms with Gasteiger partial charge in [0.05, 0.1) is 12.9 Å². The number of imidazole rings is 1. The Morgan fingerprint density at radius 1 is 1.12 bits per heavy atom. The standard InChI is InChI=1S/C23H32N6O4/c1-33-15-3-7-25-22(31)17-27-11-13-29(14-12-27)23(32)19-4-2-5-20(16-19)26-21(30)6-9-28-10-8-24-18-28/h2,4-5,8,10,16,18H,3,6-7,9,11-15,17H2,1H3,(H,25,31)(H,26,30). The molecule has 0 radical (unpaired) electrons. The molecular formula is C23H32N6O4. The summed E-state index contributed by atoms with van der Waals surface area (Å²) >= 11 is 0. The number of hydrogen-bond donors (Lipinski definition) is 2. The maximum absolute atomic E-state index is 12.9. The van der Waals surface area contributed by atoms with Crippen LogP contribution in [-0.4, -0.2) is 90.1 Å². The van der Waals surface area contributed by atoms with E-state index in [-0.39, 0.29) is 17.7 Å². The summed E-state index contributed by atoms with van der Waals surface area (Å²) in [6.45, 7) is 4.48. The molecule has 0 saturated carbocycles. The molecule has 178 valence electrons. The molecule has 10 nitrogen and oxygen atoms in total. The van der Waals surface area contributed by atoms with Gasteiger partial charge in [0.1, 0.15) is 0 Å². The molecule has 1 saturated heterocycles. The van der Waals surface area contributed by atoms with E-state index < -0.39 is 0 Å². The van der Waals surface area contributed by atoms with E-state index >= 15 is 0 Å². The number of nitrogens with zero attached hydrogens (tertiary/aromatic N) is 4. The van der Waals surface area contributed by atoms with Gasteiger partial charge < -0.3 is 24.8 Å². The summed E-state index contributed by atoms with van der Waals surface area (Å²) in [5.41, 5.74) is 1.13. The van der Waals surface area contributed by atoms with Crippen molar-refractivity contribution in [3.05, 3.63) is 48.5 Å². The van der Waals surface area contributed by atoms with Gasteiger partial charge in [-0.1, -0.05) is 6.07 Å². The number of carbonyl (C=O) groups excluding carboxylic acids is 3. The second kappa shape index (κ2) is 12.7. The van der Waals surface area contributed by atoms with Crippen molar-refractivity contribution in [2.45, 2.75) is 19.4 Å². The Balaban J connectivity index is 1.43. The minimum absolute atomic E-state index is 0.0117. The fourth-order valence-electron chi connectivity index (χ4n) is 3.60. The fourth-order valence-corrected chi connectivity index (χ4v) is 3.60. The van der Waals surface area contributed by atoms with Crippen molar-refractivity contribution in [2.24, 2.45) is 0 Å². The summed E-state index contributed by atoms with van der Waals surface area (Å²) in [5, 5.41) is 5.74. The first kappa shape index (κ1) is 24.4. The van der Waals surface area contributed by atoms with Crippen molar-refractivity contribution >= 4 is 23.4 Å². The monoisotopic (exact) mass is 456 g/mol. The van der Waals surface area contributed by atoms with Crippen LogP contribution < -0.4 is 10.6 Å². The van der Waals surface area contributed by atoms with E-state index in [0.29, 0.717) is 70.1 Å². The summed E-state index contributed by atoms with van der Waals surface area (Å²) < 4.78 is 6.81. The maximum Gasteiger partial charge on any atom is 0.254 e. The first-order valence-electron chi connectivity index (χ1n) is 11.2. The van der Waals surface area contributed by atoms with E-state index in [1.165, 1.54) is 0 Å². The van der Waals surface area contributed by atoms with Gasteiger partial charge in [0.25, 0.3) is 5.91 Å². The van der Waals surface area contributed by atoms with Gasteiger partial charge in [-0.3, -0.25) is 19.3 Å². The molecule has 33 heavy (non-hydrogen) atoms. The van der Waals surface area contributed by atoms with Crippen LogP contribution in [0.1, 0.15) is 23.2 Å². The number of methoxy groups -OCH3 is 1. The van der Waals surface area contributed by atoms with Gasteiger partial charge in [-0.15, -0.1) is 0 Å². The number of ether oxygens (including phenoxy) is 1. The van der Waals surface area contributed by atoms with Crippen molar-refractivity contribution in [2.75, 3.05) is 58.3 Å². The van der Waals surface area contributed by atoms with E-state index in [0.717, 1.165) is 6.42 Å². The summed E-state index contributed by atoms with van der Waals surface area (Å²) in [4.78, 5) is 45.0. The number of piperazine rings is 1. The van der Waals surface area contributed by atoms with Crippen LogP contribution in [0.4, 0.5) is 5.69 Å². The topological polar surface area (TPSA) is 109 Å². The van der Waals surface area contributed by atoms with E-state index in [9.17, 15) is 14.4 Å². The number of benzene rings is 1. The Hall–Kier alpha value is -3.24. The summed E-state index contributed by atoms with van der Waals surface area (Å²) in [5.74, 6) is -0.210. The zero-order valence-electron chi connectivity index (χ0n) is 19.0. The smallest absolute Gasteiger partial charge is 0.254 e. The van der Waals surface area contributed by atoms with Crippen LogP contribution in [-0.2, 0) is 20.9 Å². The first-order valence-corrected chi connectivity index (χ1v) is 11.2. The molecule has 1 aliphatic rings. The molecule has 2 N–H and O–H groups in total. The minimum Gasteiger partial charge on any atom is -0.385 e. The molecule has 1 aromatic carbocycles. The second-order valence-electron chi connectivity index (χ2n) is 7.94. The summed E-state index contributed by atoms with van der Waals surface area (Å²) in [6, 6.07) is 7.00. The van der Waals surface area contributed by atoms with Crippen LogP contribution >= 0.6 is 0 Å². The lowest BCUT2D eigenvalue weighted by atomic mass is 10.1. The number of aryl methyl sites for hydroxylation is 1. The fraction of sp³-hybridized carbons (Fsp3) is 0.478. The van der Waals surface area contributed by atoms with Gasteiger partial charge >= 0.3 is 0 Å². The zero-order valence-corrected chi connectivity index (χ0v) is 19.0. The number of anilines is 1. The molecule has 0 aliphatic carbocycles. The molecule has 3 amide bonds. The highest BCUT2D eigenvalue weighted by atomic mass is 16.5. The number of nitrogens with one attached hydrogen (secondary N) is 2. The third kappa shape index (κ3) is 7.99. The molecule has 0 atom stereocenters. The minimum atomic E-state index is -0.123. The molecule has 1 aliphatic heterocycles. The molecule has 1 fully saturated rings. The van der Waals surface area contributed by atoms with E-state index in [1.807, 2.05) is 15.7 Å². The maximum atomic E-state index is 12.9. The molecule has 2 heterocycles. The van der Waals surface area contributed by atoms with Crippen molar-refractivity contribution in [3.8, 4) is 0 Å². The average Bonchev–Trinajstić information content (AvgIpc) is 3.35.